The highest BCUT2D eigenvalue weighted by molar-refractivity contribution is 8.00. The SMILES string of the molecule is Cl.NCc1ccc(-c2noc(C3CSC(Cc4ccccc4F)C(=O)N3)n2)cc1. The summed E-state index contributed by atoms with van der Waals surface area (Å²) >= 11 is 1.47. The molecule has 1 aliphatic rings. The summed E-state index contributed by atoms with van der Waals surface area (Å²) in [7, 11) is 0. The zero-order valence-electron chi connectivity index (χ0n) is 15.4. The largest absolute Gasteiger partial charge is 0.343 e. The lowest BCUT2D eigenvalue weighted by Gasteiger charge is -2.26. The van der Waals surface area contributed by atoms with E-state index in [1.54, 1.807) is 18.2 Å². The molecule has 1 saturated heterocycles. The van der Waals surface area contributed by atoms with E-state index in [0.29, 0.717) is 36.0 Å². The van der Waals surface area contributed by atoms with E-state index in [-0.39, 0.29) is 35.4 Å². The molecule has 2 atom stereocenters. The number of nitrogens with one attached hydrogen (secondary N) is 1. The van der Waals surface area contributed by atoms with E-state index >= 15 is 0 Å². The first-order chi connectivity index (χ1) is 13.6. The van der Waals surface area contributed by atoms with Crippen molar-refractivity contribution in [1.82, 2.24) is 15.5 Å². The number of amides is 1. The molecule has 1 aromatic heterocycles. The van der Waals surface area contributed by atoms with Gasteiger partial charge in [-0.1, -0.05) is 47.6 Å². The number of carbonyl (C=O) groups excluding carboxylic acids is 1. The Morgan fingerprint density at radius 2 is 1.97 bits per heavy atom. The van der Waals surface area contributed by atoms with Crippen molar-refractivity contribution in [2.45, 2.75) is 24.3 Å². The first-order valence-electron chi connectivity index (χ1n) is 8.92. The van der Waals surface area contributed by atoms with Crippen LogP contribution >= 0.6 is 24.2 Å². The molecule has 0 aliphatic carbocycles. The molecular formula is C20H20ClFN4O2S. The van der Waals surface area contributed by atoms with Crippen LogP contribution in [0.1, 0.15) is 23.1 Å². The molecule has 0 saturated carbocycles. The van der Waals surface area contributed by atoms with Crippen LogP contribution in [0.25, 0.3) is 11.4 Å². The number of aromatic nitrogens is 2. The number of rotatable bonds is 5. The summed E-state index contributed by atoms with van der Waals surface area (Å²) in [4.78, 5) is 16.9. The summed E-state index contributed by atoms with van der Waals surface area (Å²) < 4.78 is 19.2. The van der Waals surface area contributed by atoms with Crippen molar-refractivity contribution in [2.75, 3.05) is 5.75 Å². The molecule has 1 fully saturated rings. The Labute approximate surface area is 177 Å². The van der Waals surface area contributed by atoms with Gasteiger partial charge in [0.1, 0.15) is 11.9 Å². The van der Waals surface area contributed by atoms with Crippen LogP contribution in [0.3, 0.4) is 0 Å². The number of nitrogens with zero attached hydrogens (tertiary/aromatic N) is 2. The van der Waals surface area contributed by atoms with Crippen LogP contribution in [0.4, 0.5) is 4.39 Å². The fraction of sp³-hybridized carbons (Fsp3) is 0.250. The van der Waals surface area contributed by atoms with Crippen LogP contribution in [0, 0.1) is 5.82 Å². The van der Waals surface area contributed by atoms with Gasteiger partial charge in [0.2, 0.25) is 17.6 Å². The second-order valence-electron chi connectivity index (χ2n) is 6.54. The first kappa shape index (κ1) is 21.3. The van der Waals surface area contributed by atoms with Crippen LogP contribution in [0.2, 0.25) is 0 Å². The maximum atomic E-state index is 13.8. The lowest BCUT2D eigenvalue weighted by molar-refractivity contribution is -0.121. The molecule has 3 N–H and O–H groups in total. The Morgan fingerprint density at radius 3 is 2.66 bits per heavy atom. The van der Waals surface area contributed by atoms with Crippen molar-refractivity contribution in [1.29, 1.82) is 0 Å². The predicted octanol–water partition coefficient (Wildman–Crippen LogP) is 3.27. The summed E-state index contributed by atoms with van der Waals surface area (Å²) in [6, 6.07) is 13.8. The number of carbonyl (C=O) groups is 1. The summed E-state index contributed by atoms with van der Waals surface area (Å²) in [5.41, 5.74) is 7.98. The van der Waals surface area contributed by atoms with Crippen molar-refractivity contribution in [3.63, 3.8) is 0 Å². The zero-order chi connectivity index (χ0) is 19.5. The van der Waals surface area contributed by atoms with Gasteiger partial charge in [-0.05, 0) is 23.6 Å². The molecule has 2 heterocycles. The quantitative estimate of drug-likeness (QED) is 0.640. The van der Waals surface area contributed by atoms with Gasteiger partial charge in [0.25, 0.3) is 0 Å². The van der Waals surface area contributed by atoms with E-state index in [2.05, 4.69) is 15.5 Å². The molecule has 6 nitrogen and oxygen atoms in total. The molecule has 1 aliphatic heterocycles. The van der Waals surface area contributed by atoms with E-state index in [4.69, 9.17) is 10.3 Å². The Kier molecular flexibility index (Phi) is 6.89. The lowest BCUT2D eigenvalue weighted by atomic mass is 10.1. The highest BCUT2D eigenvalue weighted by atomic mass is 35.5. The van der Waals surface area contributed by atoms with Crippen molar-refractivity contribution < 1.29 is 13.7 Å². The van der Waals surface area contributed by atoms with Crippen molar-refractivity contribution in [3.8, 4) is 11.4 Å². The van der Waals surface area contributed by atoms with Gasteiger partial charge in [-0.25, -0.2) is 4.39 Å². The van der Waals surface area contributed by atoms with Crippen molar-refractivity contribution in [2.24, 2.45) is 5.73 Å². The molecule has 1 amide bonds. The number of nitrogens with two attached hydrogens (primary N) is 1. The van der Waals surface area contributed by atoms with Gasteiger partial charge < -0.3 is 15.6 Å². The second-order valence-corrected chi connectivity index (χ2v) is 7.77. The Hall–Kier alpha value is -2.42. The fourth-order valence-electron chi connectivity index (χ4n) is 3.03. The second kappa shape index (κ2) is 9.39. The van der Waals surface area contributed by atoms with E-state index in [1.165, 1.54) is 17.8 Å². The third-order valence-corrected chi connectivity index (χ3v) is 5.93. The van der Waals surface area contributed by atoms with Gasteiger partial charge in [-0.3, -0.25) is 4.79 Å². The highest BCUT2D eigenvalue weighted by Gasteiger charge is 2.32. The Morgan fingerprint density at radius 1 is 1.21 bits per heavy atom. The smallest absolute Gasteiger partial charge is 0.250 e. The van der Waals surface area contributed by atoms with E-state index < -0.39 is 0 Å². The molecule has 0 spiro atoms. The third-order valence-electron chi connectivity index (χ3n) is 4.62. The topological polar surface area (TPSA) is 94.0 Å². The van der Waals surface area contributed by atoms with Crippen molar-refractivity contribution in [3.05, 3.63) is 71.4 Å². The minimum atomic E-state index is -0.362. The summed E-state index contributed by atoms with van der Waals surface area (Å²) in [5.74, 6) is 0.963. The molecule has 2 unspecified atom stereocenters. The molecule has 9 heteroatoms. The molecule has 3 aromatic rings. The number of hydrogen-bond donors (Lipinski definition) is 2. The van der Waals surface area contributed by atoms with Crippen LogP contribution in [-0.4, -0.2) is 27.1 Å². The standard InChI is InChI=1S/C20H19FN4O2S.ClH/c21-15-4-2-1-3-14(15)9-17-19(26)23-16(11-28-17)20-24-18(25-27-20)13-7-5-12(10-22)6-8-13;/h1-8,16-17H,9-11,22H2,(H,23,26);1H. The minimum Gasteiger partial charge on any atom is -0.343 e. The average Bonchev–Trinajstić information content (AvgIpc) is 3.21. The first-order valence-corrected chi connectivity index (χ1v) is 9.97. The van der Waals surface area contributed by atoms with Gasteiger partial charge in [0.15, 0.2) is 0 Å². The molecule has 0 radical (unpaired) electrons. The molecule has 29 heavy (non-hydrogen) atoms. The normalized spacial score (nSPS) is 18.8. The molecule has 0 bridgehead atoms. The monoisotopic (exact) mass is 434 g/mol. The molecule has 2 aromatic carbocycles. The molecular weight excluding hydrogens is 415 g/mol. The summed E-state index contributed by atoms with van der Waals surface area (Å²) in [6.07, 6.45) is 0.346. The predicted molar refractivity (Wildman–Crippen MR) is 112 cm³/mol. The van der Waals surface area contributed by atoms with Gasteiger partial charge in [0, 0.05) is 17.9 Å². The Balaban J connectivity index is 0.00000240. The van der Waals surface area contributed by atoms with Crippen LogP contribution in [0.15, 0.2) is 53.1 Å². The maximum absolute atomic E-state index is 13.8. The number of halogens is 2. The van der Waals surface area contributed by atoms with E-state index in [1.807, 2.05) is 24.3 Å². The number of thioether (sulfide) groups is 1. The van der Waals surface area contributed by atoms with Gasteiger partial charge in [-0.15, -0.1) is 24.2 Å². The van der Waals surface area contributed by atoms with Gasteiger partial charge in [0.05, 0.1) is 5.25 Å². The maximum Gasteiger partial charge on any atom is 0.250 e. The lowest BCUT2D eigenvalue weighted by Crippen LogP contribution is -2.42. The van der Waals surface area contributed by atoms with Crippen LogP contribution < -0.4 is 11.1 Å². The molecule has 4 rings (SSSR count). The van der Waals surface area contributed by atoms with Gasteiger partial charge >= 0.3 is 0 Å². The van der Waals surface area contributed by atoms with Gasteiger partial charge in [-0.2, -0.15) is 4.98 Å². The third kappa shape index (κ3) is 4.77. The zero-order valence-corrected chi connectivity index (χ0v) is 17.0. The number of benzene rings is 2. The average molecular weight is 435 g/mol. The highest BCUT2D eigenvalue weighted by Crippen LogP contribution is 2.29. The molecule has 152 valence electrons. The number of hydrogen-bond acceptors (Lipinski definition) is 6. The van der Waals surface area contributed by atoms with E-state index in [0.717, 1.165) is 11.1 Å². The van der Waals surface area contributed by atoms with Crippen LogP contribution in [0.5, 0.6) is 0 Å². The van der Waals surface area contributed by atoms with Crippen LogP contribution in [-0.2, 0) is 17.8 Å². The Bertz CT molecular complexity index is 983. The fourth-order valence-corrected chi connectivity index (χ4v) is 4.19. The summed E-state index contributed by atoms with van der Waals surface area (Å²) in [6.45, 7) is 0.469. The summed E-state index contributed by atoms with van der Waals surface area (Å²) in [5, 5.41) is 6.58. The van der Waals surface area contributed by atoms with Crippen molar-refractivity contribution >= 4 is 30.1 Å². The minimum absolute atomic E-state index is 0. The van der Waals surface area contributed by atoms with E-state index in [9.17, 15) is 9.18 Å².